The van der Waals surface area contributed by atoms with Gasteiger partial charge < -0.3 is 24.6 Å². The lowest BCUT2D eigenvalue weighted by Gasteiger charge is -2.37. The molecule has 122 valence electrons. The number of benzene rings is 1. The number of hydrogen-bond donors (Lipinski definition) is 2. The molecule has 0 radical (unpaired) electrons. The van der Waals surface area contributed by atoms with Crippen molar-refractivity contribution in [1.29, 1.82) is 0 Å². The third-order valence-electron chi connectivity index (χ3n) is 4.88. The molecule has 2 heterocycles. The summed E-state index contributed by atoms with van der Waals surface area (Å²) in [6.07, 6.45) is 2.05. The van der Waals surface area contributed by atoms with Gasteiger partial charge in [-0.2, -0.15) is 0 Å². The van der Waals surface area contributed by atoms with Crippen LogP contribution in [0.15, 0.2) is 30.3 Å². The summed E-state index contributed by atoms with van der Waals surface area (Å²) in [5.74, 6) is 0.672. The summed E-state index contributed by atoms with van der Waals surface area (Å²) in [6, 6.07) is 10.4. The quantitative estimate of drug-likeness (QED) is 0.778. The van der Waals surface area contributed by atoms with E-state index in [-0.39, 0.29) is 12.7 Å². The van der Waals surface area contributed by atoms with Crippen molar-refractivity contribution in [3.8, 4) is 5.75 Å². The van der Waals surface area contributed by atoms with Gasteiger partial charge in [-0.3, -0.25) is 0 Å². The molecule has 4 atom stereocenters. The van der Waals surface area contributed by atoms with Crippen molar-refractivity contribution in [2.45, 2.75) is 56.3 Å². The van der Waals surface area contributed by atoms with Crippen LogP contribution in [0.3, 0.4) is 0 Å². The molecular formula is C17H25NO4. The van der Waals surface area contributed by atoms with Gasteiger partial charge in [0.05, 0.1) is 6.10 Å². The molecule has 0 spiro atoms. The van der Waals surface area contributed by atoms with Crippen molar-refractivity contribution < 1.29 is 19.7 Å². The molecule has 3 rings (SSSR count). The average molecular weight is 307 g/mol. The molecule has 1 aromatic carbocycles. The van der Waals surface area contributed by atoms with Gasteiger partial charge in [0, 0.05) is 12.1 Å². The van der Waals surface area contributed by atoms with Crippen LogP contribution in [0.2, 0.25) is 0 Å². The van der Waals surface area contributed by atoms with Crippen LogP contribution < -0.4 is 4.74 Å². The van der Waals surface area contributed by atoms with Crippen molar-refractivity contribution in [3.63, 3.8) is 0 Å². The van der Waals surface area contributed by atoms with Gasteiger partial charge in [-0.15, -0.1) is 0 Å². The highest BCUT2D eigenvalue weighted by molar-refractivity contribution is 5.20. The lowest BCUT2D eigenvalue weighted by atomic mass is 10.0. The molecule has 2 saturated heterocycles. The molecule has 2 aliphatic heterocycles. The second-order valence-corrected chi connectivity index (χ2v) is 6.36. The van der Waals surface area contributed by atoms with Crippen LogP contribution in [-0.4, -0.2) is 59.3 Å². The second kappa shape index (κ2) is 6.96. The van der Waals surface area contributed by atoms with E-state index in [0.29, 0.717) is 17.8 Å². The maximum Gasteiger partial charge on any atom is 0.184 e. The number of para-hydroxylation sites is 1. The largest absolute Gasteiger partial charge is 0.491 e. The number of nitrogens with zero attached hydrogens (tertiary/aromatic N) is 1. The topological polar surface area (TPSA) is 62.2 Å². The molecule has 4 unspecified atom stereocenters. The first-order valence-corrected chi connectivity index (χ1v) is 8.05. The number of aliphatic hydroxyl groups is 2. The Labute approximate surface area is 131 Å². The first-order chi connectivity index (χ1) is 10.6. The molecule has 0 amide bonds. The van der Waals surface area contributed by atoms with E-state index < -0.39 is 12.4 Å². The number of fused-ring (bicyclic) bond motifs is 2. The first kappa shape index (κ1) is 15.7. The van der Waals surface area contributed by atoms with Crippen molar-refractivity contribution in [2.75, 3.05) is 13.7 Å². The summed E-state index contributed by atoms with van der Waals surface area (Å²) in [5.41, 5.74) is 0. The van der Waals surface area contributed by atoms with Gasteiger partial charge in [0.25, 0.3) is 0 Å². The number of hydrogen-bond acceptors (Lipinski definition) is 5. The van der Waals surface area contributed by atoms with E-state index >= 15 is 0 Å². The fourth-order valence-electron chi connectivity index (χ4n) is 3.54. The third kappa shape index (κ3) is 3.60. The Balaban J connectivity index is 1.44. The Morgan fingerprint density at radius 1 is 1.14 bits per heavy atom. The standard InChI is InChI=1S/C17H25NO4/c1-18-12-7-8-13(18)10-15(9-12)22-17(20)16(19)11-21-14-5-3-2-4-6-14/h2-6,12-13,15-17,19-20H,7-11H2,1H3. The Kier molecular flexibility index (Phi) is 4.98. The van der Waals surface area contributed by atoms with Gasteiger partial charge in [0.1, 0.15) is 18.5 Å². The molecule has 2 fully saturated rings. The number of rotatable bonds is 6. The van der Waals surface area contributed by atoms with Gasteiger partial charge in [-0.25, -0.2) is 0 Å². The summed E-state index contributed by atoms with van der Waals surface area (Å²) in [6.45, 7) is 0.0185. The van der Waals surface area contributed by atoms with Crippen molar-refractivity contribution in [3.05, 3.63) is 30.3 Å². The summed E-state index contributed by atoms with van der Waals surface area (Å²) in [5, 5.41) is 20.0. The first-order valence-electron chi connectivity index (χ1n) is 8.05. The van der Waals surface area contributed by atoms with Gasteiger partial charge in [-0.1, -0.05) is 18.2 Å². The number of ether oxygens (including phenoxy) is 2. The molecule has 2 aliphatic rings. The monoisotopic (exact) mass is 307 g/mol. The maximum absolute atomic E-state index is 10.0. The van der Waals surface area contributed by atoms with Gasteiger partial charge in [0.2, 0.25) is 0 Å². The third-order valence-corrected chi connectivity index (χ3v) is 4.88. The molecule has 1 aromatic rings. The Hall–Kier alpha value is -1.14. The van der Waals surface area contributed by atoms with Gasteiger partial charge in [0.15, 0.2) is 6.29 Å². The summed E-state index contributed by atoms with van der Waals surface area (Å²) >= 11 is 0. The molecule has 0 saturated carbocycles. The van der Waals surface area contributed by atoms with E-state index in [1.807, 2.05) is 30.3 Å². The smallest absolute Gasteiger partial charge is 0.184 e. The molecule has 5 nitrogen and oxygen atoms in total. The molecule has 22 heavy (non-hydrogen) atoms. The summed E-state index contributed by atoms with van der Waals surface area (Å²) < 4.78 is 11.1. The highest BCUT2D eigenvalue weighted by Crippen LogP contribution is 2.35. The van der Waals surface area contributed by atoms with Crippen molar-refractivity contribution in [1.82, 2.24) is 4.90 Å². The SMILES string of the molecule is CN1C2CCC1CC(OC(O)C(O)COc1ccccc1)C2. The Morgan fingerprint density at radius 2 is 1.77 bits per heavy atom. The predicted octanol–water partition coefficient (Wildman–Crippen LogP) is 1.39. The maximum atomic E-state index is 10.0. The zero-order valence-corrected chi connectivity index (χ0v) is 13.0. The highest BCUT2D eigenvalue weighted by atomic mass is 16.6. The minimum atomic E-state index is -1.20. The molecule has 0 aromatic heterocycles. The zero-order chi connectivity index (χ0) is 15.5. The van der Waals surface area contributed by atoms with Crippen LogP contribution in [0.25, 0.3) is 0 Å². The minimum absolute atomic E-state index is 0.0185. The lowest BCUT2D eigenvalue weighted by molar-refractivity contribution is -0.203. The molecule has 2 N–H and O–H groups in total. The molecule has 0 aliphatic carbocycles. The van der Waals surface area contributed by atoms with E-state index in [9.17, 15) is 10.2 Å². The van der Waals surface area contributed by atoms with E-state index in [4.69, 9.17) is 9.47 Å². The van der Waals surface area contributed by atoms with Crippen LogP contribution >= 0.6 is 0 Å². The van der Waals surface area contributed by atoms with Crippen LogP contribution in [0, 0.1) is 0 Å². The van der Waals surface area contributed by atoms with Crippen LogP contribution in [0.5, 0.6) is 5.75 Å². The van der Waals surface area contributed by atoms with E-state index in [1.165, 1.54) is 12.8 Å². The summed E-state index contributed by atoms with van der Waals surface area (Å²) in [7, 11) is 2.16. The van der Waals surface area contributed by atoms with Crippen molar-refractivity contribution >= 4 is 0 Å². The van der Waals surface area contributed by atoms with E-state index in [2.05, 4.69) is 11.9 Å². The van der Waals surface area contributed by atoms with Crippen molar-refractivity contribution in [2.24, 2.45) is 0 Å². The van der Waals surface area contributed by atoms with Crippen LogP contribution in [0.4, 0.5) is 0 Å². The van der Waals surface area contributed by atoms with Gasteiger partial charge in [-0.05, 0) is 44.9 Å². The fourth-order valence-corrected chi connectivity index (χ4v) is 3.54. The van der Waals surface area contributed by atoms with Crippen LogP contribution in [-0.2, 0) is 4.74 Å². The predicted molar refractivity (Wildman–Crippen MR) is 82.6 cm³/mol. The normalized spacial score (nSPS) is 31.0. The van der Waals surface area contributed by atoms with Gasteiger partial charge >= 0.3 is 0 Å². The van der Waals surface area contributed by atoms with E-state index in [1.54, 1.807) is 0 Å². The lowest BCUT2D eigenvalue weighted by Crippen LogP contribution is -2.45. The second-order valence-electron chi connectivity index (χ2n) is 6.36. The highest BCUT2D eigenvalue weighted by Gasteiger charge is 2.40. The fraction of sp³-hybridized carbons (Fsp3) is 0.647. The van der Waals surface area contributed by atoms with E-state index in [0.717, 1.165) is 12.8 Å². The average Bonchev–Trinajstić information content (AvgIpc) is 2.75. The van der Waals surface area contributed by atoms with Crippen LogP contribution in [0.1, 0.15) is 25.7 Å². The molecule has 5 heteroatoms. The number of piperidine rings is 1. The Morgan fingerprint density at radius 3 is 2.41 bits per heavy atom. The zero-order valence-electron chi connectivity index (χ0n) is 13.0. The molecule has 2 bridgehead atoms. The number of aliphatic hydroxyl groups excluding tert-OH is 2. The minimum Gasteiger partial charge on any atom is -0.491 e. The molecular weight excluding hydrogens is 282 g/mol. The Bertz CT molecular complexity index is 455. The summed E-state index contributed by atoms with van der Waals surface area (Å²) in [4.78, 5) is 2.42.